The molecule has 33 heavy (non-hydrogen) atoms. The van der Waals surface area contributed by atoms with E-state index in [-0.39, 0.29) is 11.1 Å². The average molecular weight is 504 g/mol. The Hall–Kier alpha value is -2.38. The minimum Gasteiger partial charge on any atom is -0.493 e. The van der Waals surface area contributed by atoms with E-state index in [0.29, 0.717) is 36.7 Å². The van der Waals surface area contributed by atoms with E-state index in [9.17, 15) is 13.2 Å². The van der Waals surface area contributed by atoms with Gasteiger partial charge in [-0.1, -0.05) is 47.4 Å². The Morgan fingerprint density at radius 2 is 1.76 bits per heavy atom. The molecule has 0 unspecified atom stereocenters. The van der Waals surface area contributed by atoms with E-state index in [1.165, 1.54) is 12.1 Å². The number of hydrogen-bond donors (Lipinski definition) is 0. The second kappa shape index (κ2) is 12.8. The Kier molecular flexibility index (Phi) is 10.4. The third-order valence-corrected chi connectivity index (χ3v) is 4.96. The fourth-order valence-corrected chi connectivity index (χ4v) is 3.08. The molecule has 0 N–H and O–H groups in total. The van der Waals surface area contributed by atoms with Crippen LogP contribution in [0.1, 0.15) is 42.5 Å². The normalized spacial score (nSPS) is 11.8. The summed E-state index contributed by atoms with van der Waals surface area (Å²) in [6, 6.07) is 8.60. The number of nitrogens with zero attached hydrogens (tertiary/aromatic N) is 1. The maximum absolute atomic E-state index is 12.6. The van der Waals surface area contributed by atoms with Crippen molar-refractivity contribution in [2.45, 2.75) is 39.8 Å². The average Bonchev–Trinajstić information content (AvgIpc) is 2.76. The number of aryl methyl sites for hydroxylation is 2. The Morgan fingerprint density at radius 1 is 1.06 bits per heavy atom. The molecule has 0 aliphatic rings. The SMILES string of the molecule is CCc1cc(OCC=C(Cl)Cl)cc(C)c1OCCCON=C(C)c1ccc(C(F)(F)F)cc1. The highest BCUT2D eigenvalue weighted by Crippen LogP contribution is 2.30. The fourth-order valence-electron chi connectivity index (χ4n) is 2.96. The van der Waals surface area contributed by atoms with Gasteiger partial charge in [-0.2, -0.15) is 13.2 Å². The smallest absolute Gasteiger partial charge is 0.416 e. The first-order valence-electron chi connectivity index (χ1n) is 10.4. The number of hydrogen-bond acceptors (Lipinski definition) is 4. The van der Waals surface area contributed by atoms with Crippen molar-refractivity contribution in [3.63, 3.8) is 0 Å². The fraction of sp³-hybridized carbons (Fsp3) is 0.375. The third-order valence-electron chi connectivity index (χ3n) is 4.65. The molecule has 0 saturated carbocycles. The Labute approximate surface area is 201 Å². The molecule has 0 saturated heterocycles. The summed E-state index contributed by atoms with van der Waals surface area (Å²) in [5.74, 6) is 1.51. The molecule has 0 atom stereocenters. The lowest BCUT2D eigenvalue weighted by Gasteiger charge is -2.15. The van der Waals surface area contributed by atoms with Crippen LogP contribution in [0.25, 0.3) is 0 Å². The van der Waals surface area contributed by atoms with Gasteiger partial charge in [-0.05, 0) is 67.3 Å². The third kappa shape index (κ3) is 8.82. The molecule has 0 aliphatic heterocycles. The van der Waals surface area contributed by atoms with Gasteiger partial charge in [0.15, 0.2) is 0 Å². The van der Waals surface area contributed by atoms with E-state index < -0.39 is 11.7 Å². The van der Waals surface area contributed by atoms with E-state index in [1.807, 2.05) is 26.0 Å². The predicted molar refractivity (Wildman–Crippen MR) is 126 cm³/mol. The minimum atomic E-state index is -4.36. The monoisotopic (exact) mass is 503 g/mol. The van der Waals surface area contributed by atoms with Gasteiger partial charge in [-0.25, -0.2) is 0 Å². The summed E-state index contributed by atoms with van der Waals surface area (Å²) in [7, 11) is 0. The van der Waals surface area contributed by atoms with Gasteiger partial charge in [-0.3, -0.25) is 0 Å². The molecule has 2 aromatic rings. The zero-order valence-corrected chi connectivity index (χ0v) is 20.2. The molecule has 0 spiro atoms. The van der Waals surface area contributed by atoms with Crippen LogP contribution in [0, 0.1) is 6.92 Å². The zero-order valence-electron chi connectivity index (χ0n) is 18.6. The molecule has 4 nitrogen and oxygen atoms in total. The van der Waals surface area contributed by atoms with Crippen LogP contribution in [-0.2, 0) is 17.4 Å². The molecule has 0 aliphatic carbocycles. The van der Waals surface area contributed by atoms with E-state index in [4.69, 9.17) is 37.5 Å². The van der Waals surface area contributed by atoms with Gasteiger partial charge in [0.05, 0.1) is 17.9 Å². The number of halogens is 5. The molecular weight excluding hydrogens is 478 g/mol. The van der Waals surface area contributed by atoms with E-state index in [0.717, 1.165) is 35.4 Å². The van der Waals surface area contributed by atoms with Crippen molar-refractivity contribution in [3.05, 3.63) is 69.2 Å². The van der Waals surface area contributed by atoms with Gasteiger partial charge in [-0.15, -0.1) is 0 Å². The van der Waals surface area contributed by atoms with Gasteiger partial charge >= 0.3 is 6.18 Å². The number of alkyl halides is 3. The first-order valence-corrected chi connectivity index (χ1v) is 11.1. The van der Waals surface area contributed by atoms with E-state index >= 15 is 0 Å². The van der Waals surface area contributed by atoms with Gasteiger partial charge in [0.2, 0.25) is 0 Å². The Balaban J connectivity index is 1.83. The molecule has 0 radical (unpaired) electrons. The van der Waals surface area contributed by atoms with Crippen molar-refractivity contribution in [1.82, 2.24) is 0 Å². The molecule has 0 amide bonds. The van der Waals surface area contributed by atoms with Gasteiger partial charge in [0, 0.05) is 6.42 Å². The summed E-state index contributed by atoms with van der Waals surface area (Å²) >= 11 is 11.2. The topological polar surface area (TPSA) is 40.0 Å². The molecule has 0 fully saturated rings. The van der Waals surface area contributed by atoms with Crippen LogP contribution < -0.4 is 9.47 Å². The van der Waals surface area contributed by atoms with Crippen LogP contribution in [0.3, 0.4) is 0 Å². The van der Waals surface area contributed by atoms with Crippen molar-refractivity contribution in [2.75, 3.05) is 19.8 Å². The van der Waals surface area contributed by atoms with Crippen LogP contribution in [0.2, 0.25) is 0 Å². The van der Waals surface area contributed by atoms with Crippen LogP contribution in [-0.4, -0.2) is 25.5 Å². The largest absolute Gasteiger partial charge is 0.493 e. The lowest BCUT2D eigenvalue weighted by molar-refractivity contribution is -0.137. The van der Waals surface area contributed by atoms with E-state index in [1.54, 1.807) is 13.0 Å². The summed E-state index contributed by atoms with van der Waals surface area (Å²) in [6.45, 7) is 6.66. The molecule has 2 aromatic carbocycles. The molecule has 2 rings (SSSR count). The molecule has 0 bridgehead atoms. The minimum absolute atomic E-state index is 0.156. The first kappa shape index (κ1) is 26.9. The van der Waals surface area contributed by atoms with Crippen molar-refractivity contribution >= 4 is 28.9 Å². The van der Waals surface area contributed by atoms with Crippen molar-refractivity contribution < 1.29 is 27.5 Å². The lowest BCUT2D eigenvalue weighted by atomic mass is 10.1. The van der Waals surface area contributed by atoms with Gasteiger partial charge < -0.3 is 14.3 Å². The number of benzene rings is 2. The maximum atomic E-state index is 12.6. The number of rotatable bonds is 11. The highest BCUT2D eigenvalue weighted by atomic mass is 35.5. The second-order valence-corrected chi connectivity index (χ2v) is 8.18. The predicted octanol–water partition coefficient (Wildman–Crippen LogP) is 7.48. The molecule has 0 aromatic heterocycles. The summed E-state index contributed by atoms with van der Waals surface area (Å²) in [5, 5.41) is 3.97. The van der Waals surface area contributed by atoms with Crippen LogP contribution in [0.4, 0.5) is 13.2 Å². The molecule has 180 valence electrons. The zero-order chi connectivity index (χ0) is 24.4. The van der Waals surface area contributed by atoms with Crippen molar-refractivity contribution in [3.8, 4) is 11.5 Å². The standard InChI is InChI=1S/C24H26Cl2F3NO3/c1-4-18-15-21(31-13-10-22(25)26)14-16(2)23(18)32-11-5-12-33-30-17(3)19-6-8-20(9-7-19)24(27,28)29/h6-10,14-15H,4-5,11-13H2,1-3H3. The summed E-state index contributed by atoms with van der Waals surface area (Å²) in [6.07, 6.45) is -1.44. The summed E-state index contributed by atoms with van der Waals surface area (Å²) in [4.78, 5) is 5.29. The molecular formula is C24H26Cl2F3NO3. The Bertz CT molecular complexity index is 970. The Morgan fingerprint density at radius 3 is 2.36 bits per heavy atom. The summed E-state index contributed by atoms with van der Waals surface area (Å²) in [5.41, 5.74) is 2.32. The highest BCUT2D eigenvalue weighted by molar-refractivity contribution is 6.55. The number of ether oxygens (including phenoxy) is 2. The molecule has 9 heteroatoms. The van der Waals surface area contributed by atoms with Gasteiger partial charge in [0.25, 0.3) is 0 Å². The van der Waals surface area contributed by atoms with E-state index in [2.05, 4.69) is 5.16 Å². The van der Waals surface area contributed by atoms with Crippen molar-refractivity contribution in [1.29, 1.82) is 0 Å². The van der Waals surface area contributed by atoms with Crippen LogP contribution in [0.5, 0.6) is 11.5 Å². The highest BCUT2D eigenvalue weighted by Gasteiger charge is 2.30. The maximum Gasteiger partial charge on any atom is 0.416 e. The van der Waals surface area contributed by atoms with Crippen LogP contribution in [0.15, 0.2) is 52.1 Å². The van der Waals surface area contributed by atoms with Crippen LogP contribution >= 0.6 is 23.2 Å². The first-order chi connectivity index (χ1) is 15.6. The second-order valence-electron chi connectivity index (χ2n) is 7.17. The summed E-state index contributed by atoms with van der Waals surface area (Å²) < 4.78 is 49.7. The molecule has 0 heterocycles. The quantitative estimate of drug-likeness (QED) is 0.181. The lowest BCUT2D eigenvalue weighted by Crippen LogP contribution is -2.06. The van der Waals surface area contributed by atoms with Crippen molar-refractivity contribution in [2.24, 2.45) is 5.16 Å². The number of oxime groups is 1. The van der Waals surface area contributed by atoms with Gasteiger partial charge in [0.1, 0.15) is 29.2 Å².